The lowest BCUT2D eigenvalue weighted by Gasteiger charge is -2.19. The Kier molecular flexibility index (Phi) is 5.87. The minimum absolute atomic E-state index is 0.0689. The van der Waals surface area contributed by atoms with Crippen molar-refractivity contribution in [3.8, 4) is 5.75 Å². The molecule has 0 saturated carbocycles. The van der Waals surface area contributed by atoms with Gasteiger partial charge in [0.25, 0.3) is 5.91 Å². The number of rotatable bonds is 6. The van der Waals surface area contributed by atoms with Crippen LogP contribution in [-0.2, 0) is 0 Å². The summed E-state index contributed by atoms with van der Waals surface area (Å²) < 4.78 is 5.77. The molecular formula is C16H25NO2. The van der Waals surface area contributed by atoms with Crippen molar-refractivity contribution in [2.75, 3.05) is 19.7 Å². The van der Waals surface area contributed by atoms with Gasteiger partial charge in [0.1, 0.15) is 5.75 Å². The molecular weight excluding hydrogens is 238 g/mol. The summed E-state index contributed by atoms with van der Waals surface area (Å²) in [6.45, 7) is 12.3. The molecule has 0 radical (unpaired) electrons. The highest BCUT2D eigenvalue weighted by Gasteiger charge is 2.14. The monoisotopic (exact) mass is 263 g/mol. The SMILES string of the molecule is CCN(CC)C(=O)c1ccc(C)c(OCC(C)C)c1. The molecule has 1 rings (SSSR count). The number of aryl methyl sites for hydroxylation is 1. The minimum atomic E-state index is 0.0689. The van der Waals surface area contributed by atoms with Crippen LogP contribution in [0.2, 0.25) is 0 Å². The summed E-state index contributed by atoms with van der Waals surface area (Å²) in [4.78, 5) is 14.1. The average molecular weight is 263 g/mol. The van der Waals surface area contributed by atoms with E-state index in [1.807, 2.05) is 43.9 Å². The average Bonchev–Trinajstić information content (AvgIpc) is 2.38. The van der Waals surface area contributed by atoms with Gasteiger partial charge in [-0.25, -0.2) is 0 Å². The van der Waals surface area contributed by atoms with Crippen molar-refractivity contribution in [2.24, 2.45) is 5.92 Å². The van der Waals surface area contributed by atoms with Crippen LogP contribution in [0.5, 0.6) is 5.75 Å². The molecule has 1 amide bonds. The number of hydrogen-bond acceptors (Lipinski definition) is 2. The van der Waals surface area contributed by atoms with E-state index in [0.717, 1.165) is 24.4 Å². The molecule has 0 bridgehead atoms. The highest BCUT2D eigenvalue weighted by atomic mass is 16.5. The second kappa shape index (κ2) is 7.17. The van der Waals surface area contributed by atoms with Crippen LogP contribution in [0.1, 0.15) is 43.6 Å². The summed E-state index contributed by atoms with van der Waals surface area (Å²) >= 11 is 0. The van der Waals surface area contributed by atoms with Crippen molar-refractivity contribution in [3.63, 3.8) is 0 Å². The molecule has 0 aliphatic carbocycles. The number of ether oxygens (including phenoxy) is 1. The maximum atomic E-state index is 12.3. The van der Waals surface area contributed by atoms with Crippen molar-refractivity contribution >= 4 is 5.91 Å². The number of nitrogens with zero attached hydrogens (tertiary/aromatic N) is 1. The lowest BCUT2D eigenvalue weighted by atomic mass is 10.1. The number of benzene rings is 1. The van der Waals surface area contributed by atoms with Gasteiger partial charge in [-0.3, -0.25) is 4.79 Å². The summed E-state index contributed by atoms with van der Waals surface area (Å²) in [5.74, 6) is 1.35. The highest BCUT2D eigenvalue weighted by Crippen LogP contribution is 2.21. The maximum Gasteiger partial charge on any atom is 0.253 e. The largest absolute Gasteiger partial charge is 0.493 e. The van der Waals surface area contributed by atoms with Crippen LogP contribution in [0, 0.1) is 12.8 Å². The molecule has 0 fully saturated rings. The predicted octanol–water partition coefficient (Wildman–Crippen LogP) is 3.51. The Balaban J connectivity index is 2.91. The Morgan fingerprint density at radius 2 is 1.89 bits per heavy atom. The number of carbonyl (C=O) groups is 1. The van der Waals surface area contributed by atoms with Crippen molar-refractivity contribution in [1.29, 1.82) is 0 Å². The van der Waals surface area contributed by atoms with Gasteiger partial charge in [0.2, 0.25) is 0 Å². The summed E-state index contributed by atoms with van der Waals surface area (Å²) in [5, 5.41) is 0. The molecule has 0 heterocycles. The second-order valence-corrected chi connectivity index (χ2v) is 5.16. The summed E-state index contributed by atoms with van der Waals surface area (Å²) in [6.07, 6.45) is 0. The quantitative estimate of drug-likeness (QED) is 0.786. The molecule has 0 aliphatic rings. The summed E-state index contributed by atoms with van der Waals surface area (Å²) in [7, 11) is 0. The minimum Gasteiger partial charge on any atom is -0.493 e. The maximum absolute atomic E-state index is 12.3. The topological polar surface area (TPSA) is 29.5 Å². The van der Waals surface area contributed by atoms with Gasteiger partial charge in [0, 0.05) is 18.7 Å². The second-order valence-electron chi connectivity index (χ2n) is 5.16. The van der Waals surface area contributed by atoms with Crippen LogP contribution in [-0.4, -0.2) is 30.5 Å². The molecule has 19 heavy (non-hydrogen) atoms. The smallest absolute Gasteiger partial charge is 0.253 e. The molecule has 0 spiro atoms. The lowest BCUT2D eigenvalue weighted by molar-refractivity contribution is 0.0772. The van der Waals surface area contributed by atoms with Crippen LogP contribution < -0.4 is 4.74 Å². The number of hydrogen-bond donors (Lipinski definition) is 0. The van der Waals surface area contributed by atoms with Crippen molar-refractivity contribution in [1.82, 2.24) is 4.90 Å². The predicted molar refractivity (Wildman–Crippen MR) is 78.8 cm³/mol. The molecule has 0 atom stereocenters. The normalized spacial score (nSPS) is 10.6. The molecule has 1 aromatic carbocycles. The van der Waals surface area contributed by atoms with Crippen molar-refractivity contribution < 1.29 is 9.53 Å². The third-order valence-electron chi connectivity index (χ3n) is 3.06. The van der Waals surface area contributed by atoms with Gasteiger partial charge in [-0.05, 0) is 44.4 Å². The standard InChI is InChI=1S/C16H25NO2/c1-6-17(7-2)16(18)14-9-8-13(5)15(10-14)19-11-12(3)4/h8-10,12H,6-7,11H2,1-5H3. The van der Waals surface area contributed by atoms with Gasteiger partial charge < -0.3 is 9.64 Å². The third kappa shape index (κ3) is 4.27. The Morgan fingerprint density at radius 1 is 1.26 bits per heavy atom. The molecule has 0 unspecified atom stereocenters. The Bertz CT molecular complexity index is 423. The third-order valence-corrected chi connectivity index (χ3v) is 3.06. The zero-order valence-corrected chi connectivity index (χ0v) is 12.7. The first-order valence-electron chi connectivity index (χ1n) is 7.02. The zero-order valence-electron chi connectivity index (χ0n) is 12.7. The van der Waals surface area contributed by atoms with Gasteiger partial charge in [0.15, 0.2) is 0 Å². The van der Waals surface area contributed by atoms with Gasteiger partial charge in [-0.15, -0.1) is 0 Å². The molecule has 0 N–H and O–H groups in total. The van der Waals surface area contributed by atoms with E-state index in [-0.39, 0.29) is 5.91 Å². The Hall–Kier alpha value is -1.51. The van der Waals surface area contributed by atoms with E-state index >= 15 is 0 Å². The van der Waals surface area contributed by atoms with Gasteiger partial charge in [-0.1, -0.05) is 19.9 Å². The Labute approximate surface area is 116 Å². The van der Waals surface area contributed by atoms with E-state index in [0.29, 0.717) is 18.1 Å². The summed E-state index contributed by atoms with van der Waals surface area (Å²) in [5.41, 5.74) is 1.77. The fourth-order valence-corrected chi connectivity index (χ4v) is 1.84. The fraction of sp³-hybridized carbons (Fsp3) is 0.562. The first-order chi connectivity index (χ1) is 8.99. The molecule has 1 aromatic rings. The van der Waals surface area contributed by atoms with E-state index in [1.54, 1.807) is 0 Å². The van der Waals surface area contributed by atoms with E-state index in [4.69, 9.17) is 4.74 Å². The zero-order chi connectivity index (χ0) is 14.4. The molecule has 106 valence electrons. The van der Waals surface area contributed by atoms with Gasteiger partial charge >= 0.3 is 0 Å². The molecule has 3 heteroatoms. The van der Waals surface area contributed by atoms with Crippen LogP contribution in [0.15, 0.2) is 18.2 Å². The molecule has 0 aliphatic heterocycles. The molecule has 0 aromatic heterocycles. The number of amides is 1. The van der Waals surface area contributed by atoms with Gasteiger partial charge in [-0.2, -0.15) is 0 Å². The first kappa shape index (κ1) is 15.5. The van der Waals surface area contributed by atoms with E-state index < -0.39 is 0 Å². The van der Waals surface area contributed by atoms with Crippen LogP contribution >= 0.6 is 0 Å². The highest BCUT2D eigenvalue weighted by molar-refractivity contribution is 5.94. The number of carbonyl (C=O) groups excluding carboxylic acids is 1. The van der Waals surface area contributed by atoms with E-state index in [9.17, 15) is 4.79 Å². The van der Waals surface area contributed by atoms with Crippen molar-refractivity contribution in [3.05, 3.63) is 29.3 Å². The van der Waals surface area contributed by atoms with Crippen LogP contribution in [0.25, 0.3) is 0 Å². The first-order valence-corrected chi connectivity index (χ1v) is 7.02. The summed E-state index contributed by atoms with van der Waals surface area (Å²) in [6, 6.07) is 5.68. The Morgan fingerprint density at radius 3 is 2.42 bits per heavy atom. The van der Waals surface area contributed by atoms with Crippen LogP contribution in [0.3, 0.4) is 0 Å². The molecule has 3 nitrogen and oxygen atoms in total. The van der Waals surface area contributed by atoms with Crippen molar-refractivity contribution in [2.45, 2.75) is 34.6 Å². The van der Waals surface area contributed by atoms with Gasteiger partial charge in [0.05, 0.1) is 6.61 Å². The van der Waals surface area contributed by atoms with E-state index in [1.165, 1.54) is 0 Å². The molecule has 0 saturated heterocycles. The lowest BCUT2D eigenvalue weighted by Crippen LogP contribution is -2.30. The van der Waals surface area contributed by atoms with Crippen LogP contribution in [0.4, 0.5) is 0 Å². The fourth-order valence-electron chi connectivity index (χ4n) is 1.84. The van der Waals surface area contributed by atoms with E-state index in [2.05, 4.69) is 13.8 Å².